The Morgan fingerprint density at radius 1 is 1.39 bits per heavy atom. The highest BCUT2D eigenvalue weighted by atomic mass is 16.2. The molecule has 0 aromatic heterocycles. The second kappa shape index (κ2) is 4.85. The molecule has 2 saturated heterocycles. The molecule has 2 heterocycles. The molecule has 2 aliphatic rings. The monoisotopic (exact) mass is 254 g/mol. The van der Waals surface area contributed by atoms with Crippen molar-refractivity contribution in [2.24, 2.45) is 0 Å². The van der Waals surface area contributed by atoms with E-state index >= 15 is 0 Å². The SMILES string of the molecule is CNC1CCN(CCN2C(=O)NC(C)(C)C2=O)C1. The Labute approximate surface area is 108 Å². The first-order valence-corrected chi connectivity index (χ1v) is 6.48. The van der Waals surface area contributed by atoms with Gasteiger partial charge in [0.15, 0.2) is 0 Å². The van der Waals surface area contributed by atoms with Crippen molar-refractivity contribution in [1.29, 1.82) is 0 Å². The van der Waals surface area contributed by atoms with Crippen LogP contribution in [0.1, 0.15) is 20.3 Å². The van der Waals surface area contributed by atoms with Crippen LogP contribution in [-0.2, 0) is 4.79 Å². The molecule has 18 heavy (non-hydrogen) atoms. The third-order valence-electron chi connectivity index (χ3n) is 3.76. The fraction of sp³-hybridized carbons (Fsp3) is 0.833. The van der Waals surface area contributed by atoms with Crippen LogP contribution in [0.3, 0.4) is 0 Å². The molecule has 0 radical (unpaired) electrons. The summed E-state index contributed by atoms with van der Waals surface area (Å²) in [6.07, 6.45) is 1.13. The standard InChI is InChI=1S/C12H22N4O2/c1-12(2)10(17)16(11(18)14-12)7-6-15-5-4-9(8-15)13-3/h9,13H,4-8H2,1-3H3,(H,14,18). The van der Waals surface area contributed by atoms with Crippen LogP contribution in [-0.4, -0.2) is 66.5 Å². The number of likely N-dealkylation sites (N-methyl/N-ethyl adjacent to an activating group) is 1. The largest absolute Gasteiger partial charge is 0.325 e. The minimum absolute atomic E-state index is 0.128. The quantitative estimate of drug-likeness (QED) is 0.671. The number of likely N-dealkylation sites (tertiary alicyclic amines) is 1. The van der Waals surface area contributed by atoms with E-state index in [2.05, 4.69) is 15.5 Å². The molecule has 1 unspecified atom stereocenters. The molecular weight excluding hydrogens is 232 g/mol. The maximum absolute atomic E-state index is 12.0. The molecule has 0 bridgehead atoms. The Kier molecular flexibility index (Phi) is 3.59. The number of hydrogen-bond acceptors (Lipinski definition) is 4. The van der Waals surface area contributed by atoms with Crippen molar-refractivity contribution in [3.63, 3.8) is 0 Å². The number of nitrogens with zero attached hydrogens (tertiary/aromatic N) is 2. The summed E-state index contributed by atoms with van der Waals surface area (Å²) in [5, 5.41) is 5.95. The molecule has 6 nitrogen and oxygen atoms in total. The van der Waals surface area contributed by atoms with E-state index in [1.165, 1.54) is 4.90 Å². The second-order valence-electron chi connectivity index (χ2n) is 5.59. The summed E-state index contributed by atoms with van der Waals surface area (Å²) in [4.78, 5) is 27.3. The Bertz CT molecular complexity index is 356. The van der Waals surface area contributed by atoms with E-state index in [-0.39, 0.29) is 11.9 Å². The van der Waals surface area contributed by atoms with Crippen molar-refractivity contribution in [2.75, 3.05) is 33.2 Å². The number of imide groups is 1. The van der Waals surface area contributed by atoms with Crippen LogP contribution in [0, 0.1) is 0 Å². The van der Waals surface area contributed by atoms with Gasteiger partial charge in [-0.25, -0.2) is 4.79 Å². The molecule has 0 aromatic rings. The van der Waals surface area contributed by atoms with Crippen molar-refractivity contribution in [1.82, 2.24) is 20.4 Å². The number of hydrogen-bond donors (Lipinski definition) is 2. The molecule has 0 spiro atoms. The average Bonchev–Trinajstić information content (AvgIpc) is 2.82. The van der Waals surface area contributed by atoms with Gasteiger partial charge in [-0.3, -0.25) is 14.6 Å². The van der Waals surface area contributed by atoms with E-state index in [9.17, 15) is 9.59 Å². The van der Waals surface area contributed by atoms with Crippen LogP contribution in [0.25, 0.3) is 0 Å². The summed E-state index contributed by atoms with van der Waals surface area (Å²) >= 11 is 0. The van der Waals surface area contributed by atoms with E-state index in [0.717, 1.165) is 26.1 Å². The van der Waals surface area contributed by atoms with Gasteiger partial charge in [-0.1, -0.05) is 0 Å². The Balaban J connectivity index is 1.84. The first-order chi connectivity index (χ1) is 8.44. The minimum Gasteiger partial charge on any atom is -0.324 e. The third kappa shape index (κ3) is 2.49. The van der Waals surface area contributed by atoms with Crippen LogP contribution < -0.4 is 10.6 Å². The number of amides is 3. The van der Waals surface area contributed by atoms with Crippen LogP contribution >= 0.6 is 0 Å². The predicted octanol–water partition coefficient (Wildman–Crippen LogP) is -0.389. The van der Waals surface area contributed by atoms with Crippen molar-refractivity contribution in [3.8, 4) is 0 Å². The lowest BCUT2D eigenvalue weighted by atomic mass is 10.1. The van der Waals surface area contributed by atoms with E-state index in [4.69, 9.17) is 0 Å². The maximum Gasteiger partial charge on any atom is 0.325 e. The van der Waals surface area contributed by atoms with Gasteiger partial charge in [0.25, 0.3) is 5.91 Å². The predicted molar refractivity (Wildman–Crippen MR) is 68.2 cm³/mol. The number of carbonyl (C=O) groups excluding carboxylic acids is 2. The summed E-state index contributed by atoms with van der Waals surface area (Å²) in [7, 11) is 1.97. The van der Waals surface area contributed by atoms with Gasteiger partial charge in [0.1, 0.15) is 5.54 Å². The molecule has 3 amide bonds. The van der Waals surface area contributed by atoms with E-state index in [1.54, 1.807) is 13.8 Å². The summed E-state index contributed by atoms with van der Waals surface area (Å²) in [6.45, 7) is 6.72. The fourth-order valence-corrected chi connectivity index (χ4v) is 2.53. The number of nitrogens with one attached hydrogen (secondary N) is 2. The molecule has 0 aliphatic carbocycles. The highest BCUT2D eigenvalue weighted by molar-refractivity contribution is 6.06. The Morgan fingerprint density at radius 2 is 2.11 bits per heavy atom. The molecule has 2 rings (SSSR count). The van der Waals surface area contributed by atoms with Gasteiger partial charge in [-0.15, -0.1) is 0 Å². The molecule has 2 fully saturated rings. The van der Waals surface area contributed by atoms with Crippen LogP contribution in [0.15, 0.2) is 0 Å². The van der Waals surface area contributed by atoms with Crippen molar-refractivity contribution in [2.45, 2.75) is 31.8 Å². The van der Waals surface area contributed by atoms with Gasteiger partial charge in [-0.2, -0.15) is 0 Å². The van der Waals surface area contributed by atoms with Gasteiger partial charge in [0.05, 0.1) is 0 Å². The number of urea groups is 1. The normalized spacial score (nSPS) is 27.9. The molecular formula is C12H22N4O2. The van der Waals surface area contributed by atoms with Crippen LogP contribution in [0.2, 0.25) is 0 Å². The third-order valence-corrected chi connectivity index (χ3v) is 3.76. The minimum atomic E-state index is -0.754. The van der Waals surface area contributed by atoms with Crippen LogP contribution in [0.4, 0.5) is 4.79 Å². The zero-order chi connectivity index (χ0) is 13.3. The van der Waals surface area contributed by atoms with E-state index < -0.39 is 5.54 Å². The zero-order valence-corrected chi connectivity index (χ0v) is 11.3. The zero-order valence-electron chi connectivity index (χ0n) is 11.3. The second-order valence-corrected chi connectivity index (χ2v) is 5.59. The van der Waals surface area contributed by atoms with Gasteiger partial charge in [0, 0.05) is 25.7 Å². The first-order valence-electron chi connectivity index (χ1n) is 6.48. The first kappa shape index (κ1) is 13.3. The van der Waals surface area contributed by atoms with Gasteiger partial charge >= 0.3 is 6.03 Å². The summed E-state index contributed by atoms with van der Waals surface area (Å²) < 4.78 is 0. The van der Waals surface area contributed by atoms with E-state index in [1.807, 2.05) is 7.05 Å². The van der Waals surface area contributed by atoms with Crippen molar-refractivity contribution < 1.29 is 9.59 Å². The van der Waals surface area contributed by atoms with Gasteiger partial charge < -0.3 is 10.6 Å². The molecule has 0 aromatic carbocycles. The molecule has 6 heteroatoms. The smallest absolute Gasteiger partial charge is 0.324 e. The van der Waals surface area contributed by atoms with Crippen LogP contribution in [0.5, 0.6) is 0 Å². The fourth-order valence-electron chi connectivity index (χ4n) is 2.53. The van der Waals surface area contributed by atoms with Crippen molar-refractivity contribution >= 4 is 11.9 Å². The average molecular weight is 254 g/mol. The summed E-state index contributed by atoms with van der Waals surface area (Å²) in [5.74, 6) is -0.128. The number of rotatable bonds is 4. The molecule has 2 N–H and O–H groups in total. The lowest BCUT2D eigenvalue weighted by Gasteiger charge is -2.20. The topological polar surface area (TPSA) is 64.7 Å². The highest BCUT2D eigenvalue weighted by Crippen LogP contribution is 2.17. The Morgan fingerprint density at radius 3 is 2.61 bits per heavy atom. The lowest BCUT2D eigenvalue weighted by Crippen LogP contribution is -2.42. The highest BCUT2D eigenvalue weighted by Gasteiger charge is 2.44. The van der Waals surface area contributed by atoms with E-state index in [0.29, 0.717) is 12.6 Å². The Hall–Kier alpha value is -1.14. The molecule has 1 atom stereocenters. The molecule has 102 valence electrons. The number of carbonyl (C=O) groups is 2. The van der Waals surface area contributed by atoms with Gasteiger partial charge in [0.2, 0.25) is 0 Å². The molecule has 2 aliphatic heterocycles. The summed E-state index contributed by atoms with van der Waals surface area (Å²) in [6, 6.07) is 0.263. The lowest BCUT2D eigenvalue weighted by molar-refractivity contribution is -0.130. The van der Waals surface area contributed by atoms with Crippen molar-refractivity contribution in [3.05, 3.63) is 0 Å². The molecule has 0 saturated carbocycles. The van der Waals surface area contributed by atoms with Gasteiger partial charge in [-0.05, 0) is 33.9 Å². The summed E-state index contributed by atoms with van der Waals surface area (Å²) in [5.41, 5.74) is -0.754. The maximum atomic E-state index is 12.0.